The molecular formula is C30H29F2IMnN7O3RbReRf-2. The largest absolute Gasteiger partial charge is 2.00 e. The van der Waals surface area contributed by atoms with Gasteiger partial charge in [-0.1, -0.05) is 0 Å². The summed E-state index contributed by atoms with van der Waals surface area (Å²) in [5.41, 5.74) is 0.891. The molecule has 2 radical (unpaired) electrons. The van der Waals surface area contributed by atoms with Gasteiger partial charge in [0.2, 0.25) is 0 Å². The van der Waals surface area contributed by atoms with Crippen LogP contribution in [0.5, 0.6) is 6.01 Å². The first-order chi connectivity index (χ1) is 20.9. The molecule has 6 heterocycles. The van der Waals surface area contributed by atoms with E-state index in [4.69, 9.17) is 12.8 Å². The molecule has 3 aromatic heterocycles. The Morgan fingerprint density at radius 1 is 1.30 bits per heavy atom. The maximum Gasteiger partial charge on any atom is 2.00 e. The van der Waals surface area contributed by atoms with Gasteiger partial charge in [-0.3, -0.25) is 0 Å². The fourth-order valence-corrected chi connectivity index (χ4v) is 8.07. The van der Waals surface area contributed by atoms with Crippen LogP contribution in [0.15, 0.2) is 18.5 Å². The van der Waals surface area contributed by atoms with Gasteiger partial charge >= 0.3 is 330 Å². The van der Waals surface area contributed by atoms with E-state index in [1.165, 1.54) is 12.4 Å². The van der Waals surface area contributed by atoms with E-state index in [1.54, 1.807) is 30.2 Å². The molecule has 7 rings (SSSR count). The van der Waals surface area contributed by atoms with Gasteiger partial charge in [0.25, 0.3) is 0 Å². The smallest absolute Gasteiger partial charge is 0 e. The quantitative estimate of drug-likeness (QED) is 0.110. The summed E-state index contributed by atoms with van der Waals surface area (Å²) < 4.78 is 44.6. The molecule has 3 aliphatic rings. The molecule has 0 unspecified atom stereocenters. The van der Waals surface area contributed by atoms with Crippen molar-refractivity contribution < 1.29 is 139 Å². The molecule has 0 N–H and O–H groups in total. The molecule has 3 saturated heterocycles. The molecule has 3 aliphatic heterocycles. The van der Waals surface area contributed by atoms with Gasteiger partial charge in [0, 0.05) is 20.4 Å². The third-order valence-corrected chi connectivity index (χ3v) is 10.4. The number of rotatable bonds is 8. The summed E-state index contributed by atoms with van der Waals surface area (Å²) in [4.78, 5) is 29.1. The summed E-state index contributed by atoms with van der Waals surface area (Å²) in [6, 6.07) is 4.92. The van der Waals surface area contributed by atoms with E-state index in [2.05, 4.69) is 44.3 Å². The van der Waals surface area contributed by atoms with Gasteiger partial charge < -0.3 is 0 Å². The summed E-state index contributed by atoms with van der Waals surface area (Å²) in [6.45, 7) is 6.31. The van der Waals surface area contributed by atoms with Crippen molar-refractivity contribution in [2.75, 3.05) is 37.7 Å². The first-order valence-electron chi connectivity index (χ1n) is 14.2. The Labute approximate surface area is 350 Å². The average Bonchev–Trinajstić information content (AvgIpc) is 3.66. The third-order valence-electron chi connectivity index (χ3n) is 8.67. The van der Waals surface area contributed by atoms with Crippen LogP contribution in [0.2, 0.25) is 0 Å². The van der Waals surface area contributed by atoms with Crippen molar-refractivity contribution in [3.05, 3.63) is 46.3 Å². The molecular weight excluding hydrogens is 1260 g/mol. The van der Waals surface area contributed by atoms with Crippen molar-refractivity contribution in [3.8, 4) is 17.3 Å². The number of piperidine rings is 1. The number of anilines is 1. The maximum atomic E-state index is 16.8. The summed E-state index contributed by atoms with van der Waals surface area (Å²) in [6.07, 6.45) is 7.61. The number of hydrogen-bond donors (Lipinski definition) is 0. The number of fused-ring (bicyclic) bond motifs is 3. The topological polar surface area (TPSA) is 98.5 Å². The van der Waals surface area contributed by atoms with Gasteiger partial charge in [-0.15, -0.1) is 0 Å². The zero-order valence-corrected chi connectivity index (χ0v) is 43.6. The molecule has 3 fully saturated rings. The maximum absolute atomic E-state index is 16.8. The Kier molecular flexibility index (Phi) is 14.3. The number of ether oxygens (including phenoxy) is 1. The summed E-state index contributed by atoms with van der Waals surface area (Å²) in [5, 5.41) is 5.45. The van der Waals surface area contributed by atoms with Crippen molar-refractivity contribution >= 4 is 34.1 Å². The molecule has 1 aromatic carbocycles. The molecule has 0 amide bonds. The van der Waals surface area contributed by atoms with Crippen molar-refractivity contribution in [3.63, 3.8) is 0 Å². The van der Waals surface area contributed by atoms with E-state index in [9.17, 15) is 9.18 Å². The second-order valence-corrected chi connectivity index (χ2v) is 13.4. The van der Waals surface area contributed by atoms with Crippen LogP contribution in [0.3, 0.4) is 0 Å². The minimum Gasteiger partial charge on any atom is 0 e. The van der Waals surface area contributed by atoms with Crippen LogP contribution in [0.25, 0.3) is 33.1 Å². The molecule has 2 atom stereocenters. The molecule has 10 nitrogen and oxygen atoms in total. The van der Waals surface area contributed by atoms with E-state index in [0.717, 1.165) is 31.3 Å². The molecule has 242 valence electrons. The van der Waals surface area contributed by atoms with E-state index < -0.39 is 39.1 Å². The Bertz CT molecular complexity index is 1730. The first kappa shape index (κ1) is 40.2. The number of benzene rings is 1. The second kappa shape index (κ2) is 16.7. The summed E-state index contributed by atoms with van der Waals surface area (Å²) in [7, 11) is 1.78. The number of aryl methyl sites for hydroxylation is 1. The van der Waals surface area contributed by atoms with Gasteiger partial charge in [0.05, 0.1) is 0 Å². The minimum atomic E-state index is -1.32. The van der Waals surface area contributed by atoms with Gasteiger partial charge in [-0.25, -0.2) is 4.39 Å². The SMILES string of the molecule is C[C-]1C[CH-]CN(c2nc(OC[C@@]34CCCN3C[C@H](F)C4)nc3c(F)c(-c4c([I-]O[C-]=O)[c-]cc5c4cnn5C)ncc23)C1.[Mn+2].[Rb+].[Re].[Rf]. The number of aromatic nitrogens is 5. The van der Waals surface area contributed by atoms with Crippen LogP contribution < -0.4 is 89.4 Å². The first-order valence-corrected chi connectivity index (χ1v) is 16.1. The van der Waals surface area contributed by atoms with Crippen LogP contribution in [0, 0.1) is 27.8 Å². The Morgan fingerprint density at radius 3 is 2.87 bits per heavy atom. The average molecular weight is 1290 g/mol. The fraction of sp³-hybridized carbons (Fsp3) is 0.433. The Balaban J connectivity index is 0.00000150. The predicted octanol–water partition coefficient (Wildman–Crippen LogP) is -2.26. The fourth-order valence-electron chi connectivity index (χ4n) is 6.71. The Hall–Kier alpha value is -1.21. The Morgan fingerprint density at radius 2 is 2.11 bits per heavy atom. The van der Waals surface area contributed by atoms with Crippen LogP contribution in [-0.2, 0) is 52.4 Å². The van der Waals surface area contributed by atoms with E-state index in [0.29, 0.717) is 51.8 Å². The third kappa shape index (κ3) is 7.61. The second-order valence-electron chi connectivity index (χ2n) is 11.5. The van der Waals surface area contributed by atoms with E-state index in [1.807, 2.05) is 0 Å². The number of alkyl halides is 1. The van der Waals surface area contributed by atoms with Crippen LogP contribution in [-0.4, -0.2) is 80.6 Å². The van der Waals surface area contributed by atoms with Crippen LogP contribution in [0.1, 0.15) is 32.6 Å². The zero-order chi connectivity index (χ0) is 29.7. The van der Waals surface area contributed by atoms with E-state index in [-0.39, 0.29) is 120 Å². The van der Waals surface area contributed by atoms with Crippen molar-refractivity contribution in [2.24, 2.45) is 7.05 Å². The van der Waals surface area contributed by atoms with Crippen molar-refractivity contribution in [2.45, 2.75) is 44.3 Å². The molecule has 0 spiro atoms. The van der Waals surface area contributed by atoms with Gasteiger partial charge in [0.15, 0.2) is 0 Å². The molecule has 17 heteroatoms. The number of pyridine rings is 1. The van der Waals surface area contributed by atoms with Crippen molar-refractivity contribution in [1.29, 1.82) is 0 Å². The van der Waals surface area contributed by atoms with E-state index >= 15 is 4.39 Å². The summed E-state index contributed by atoms with van der Waals surface area (Å²) in [5.74, 6) is 1.13. The summed E-state index contributed by atoms with van der Waals surface area (Å²) >= 11 is -1.32. The zero-order valence-electron chi connectivity index (χ0n) is 26.2. The minimum absolute atomic E-state index is 0. The molecule has 0 aliphatic carbocycles. The molecule has 4 aromatic rings. The number of halogens is 3. The molecule has 47 heavy (non-hydrogen) atoms. The molecule has 0 bridgehead atoms. The van der Waals surface area contributed by atoms with Crippen LogP contribution >= 0.6 is 0 Å². The van der Waals surface area contributed by atoms with Crippen LogP contribution in [0.4, 0.5) is 14.6 Å². The van der Waals surface area contributed by atoms with Crippen molar-refractivity contribution in [1.82, 2.24) is 29.6 Å². The van der Waals surface area contributed by atoms with Gasteiger partial charge in [-0.05, 0) is 0 Å². The monoisotopic (exact) mass is 1290 g/mol. The molecule has 0 saturated carbocycles. The number of nitrogens with zero attached hydrogens (tertiary/aromatic N) is 7. The number of hydrogen-bond acceptors (Lipinski definition) is 9. The van der Waals surface area contributed by atoms with Gasteiger partial charge in [0.1, 0.15) is 0 Å². The standard InChI is InChI=1S/C30H29F2IN7O3.Mn.Rb.Re.Rf/c1-18-5-3-9-39(14-18)28-21-12-34-27(24-20-13-35-38(2)23(20)7-6-22(24)33-43-17-41)25(32)26(21)36-29(37-28)42-16-30-8-4-10-40(30)15-19(31)11-30;;;;/h3,7,12-13,19H,4-5,8-11,14-16H2,1-2H3;;;;/q-5;+2;+1;;/t19-,30+;;;;/m1..../s1. The predicted molar refractivity (Wildman–Crippen MR) is 150 cm³/mol. The number of carbonyl (C=O) groups excluding carboxylic acids is 1. The van der Waals surface area contributed by atoms with Gasteiger partial charge in [-0.2, -0.15) is 0 Å². The normalized spacial score (nSPS) is 21.0.